The number of likely N-dealkylation sites (N-methyl/N-ethyl adjacent to an activating group) is 1. The van der Waals surface area contributed by atoms with Crippen LogP contribution < -0.4 is 5.32 Å². The number of imide groups is 1. The van der Waals surface area contributed by atoms with Gasteiger partial charge in [0.2, 0.25) is 5.91 Å². The number of rotatable bonds is 4. The zero-order valence-corrected chi connectivity index (χ0v) is 11.5. The number of likely N-dealkylation sites (tertiary alicyclic amines) is 1. The van der Waals surface area contributed by atoms with E-state index in [1.165, 1.54) is 4.90 Å². The van der Waals surface area contributed by atoms with Crippen molar-refractivity contribution in [2.75, 3.05) is 46.8 Å². The maximum atomic E-state index is 12.1. The van der Waals surface area contributed by atoms with Crippen LogP contribution in [0.3, 0.4) is 0 Å². The van der Waals surface area contributed by atoms with Gasteiger partial charge in [-0.3, -0.25) is 14.6 Å². The van der Waals surface area contributed by atoms with Gasteiger partial charge in [0, 0.05) is 32.2 Å². The van der Waals surface area contributed by atoms with E-state index in [9.17, 15) is 14.7 Å². The van der Waals surface area contributed by atoms with Gasteiger partial charge >= 0.3 is 6.03 Å². The molecule has 108 valence electrons. The predicted octanol–water partition coefficient (Wildman–Crippen LogP) is -1.46. The van der Waals surface area contributed by atoms with Crippen molar-refractivity contribution in [2.45, 2.75) is 18.6 Å². The first kappa shape index (κ1) is 14.2. The largest absolute Gasteiger partial charge is 0.392 e. The second kappa shape index (κ2) is 5.85. The Morgan fingerprint density at radius 1 is 1.53 bits per heavy atom. The molecule has 2 aliphatic rings. The van der Waals surface area contributed by atoms with E-state index >= 15 is 0 Å². The Bertz CT molecular complexity index is 361. The minimum Gasteiger partial charge on any atom is -0.392 e. The molecule has 2 unspecified atom stereocenters. The van der Waals surface area contributed by atoms with Crippen LogP contribution in [0.4, 0.5) is 4.79 Å². The minimum absolute atomic E-state index is 0.166. The number of amides is 3. The molecule has 2 rings (SSSR count). The molecule has 0 bridgehead atoms. The highest BCUT2D eigenvalue weighted by Crippen LogP contribution is 2.18. The van der Waals surface area contributed by atoms with Crippen LogP contribution in [0, 0.1) is 0 Å². The van der Waals surface area contributed by atoms with Crippen LogP contribution in [-0.2, 0) is 4.79 Å². The average molecular weight is 270 g/mol. The lowest BCUT2D eigenvalue weighted by molar-refractivity contribution is -0.129. The second-order valence-electron chi connectivity index (χ2n) is 5.51. The quantitative estimate of drug-likeness (QED) is 0.652. The first-order valence-electron chi connectivity index (χ1n) is 6.62. The van der Waals surface area contributed by atoms with E-state index in [1.807, 2.05) is 23.9 Å². The molecule has 0 aromatic rings. The van der Waals surface area contributed by atoms with Crippen molar-refractivity contribution < 1.29 is 14.7 Å². The maximum absolute atomic E-state index is 12.1. The molecule has 0 radical (unpaired) electrons. The van der Waals surface area contributed by atoms with Crippen molar-refractivity contribution in [3.8, 4) is 0 Å². The monoisotopic (exact) mass is 270 g/mol. The first-order chi connectivity index (χ1) is 8.97. The standard InChI is InChI=1S/C12H22N4O3/c1-14(2)6-9-5-10(17)7-15(9)8-11(18)16-4-3-13-12(16)19/h9-10,17H,3-8H2,1-2H3,(H,13,19). The Labute approximate surface area is 113 Å². The van der Waals surface area contributed by atoms with E-state index < -0.39 is 0 Å². The zero-order valence-electron chi connectivity index (χ0n) is 11.5. The minimum atomic E-state index is -0.384. The lowest BCUT2D eigenvalue weighted by Gasteiger charge is -2.27. The Morgan fingerprint density at radius 3 is 2.84 bits per heavy atom. The van der Waals surface area contributed by atoms with Crippen LogP contribution in [0.5, 0.6) is 0 Å². The Balaban J connectivity index is 1.92. The molecule has 19 heavy (non-hydrogen) atoms. The molecule has 7 heteroatoms. The zero-order chi connectivity index (χ0) is 14.0. The molecule has 2 N–H and O–H groups in total. The Hall–Kier alpha value is -1.18. The summed E-state index contributed by atoms with van der Waals surface area (Å²) in [5.41, 5.74) is 0. The fraction of sp³-hybridized carbons (Fsp3) is 0.833. The van der Waals surface area contributed by atoms with Crippen molar-refractivity contribution in [3.05, 3.63) is 0 Å². The van der Waals surface area contributed by atoms with Crippen molar-refractivity contribution in [1.29, 1.82) is 0 Å². The van der Waals surface area contributed by atoms with Gasteiger partial charge in [-0.2, -0.15) is 0 Å². The topological polar surface area (TPSA) is 76.1 Å². The summed E-state index contributed by atoms with van der Waals surface area (Å²) >= 11 is 0. The van der Waals surface area contributed by atoms with Crippen LogP contribution in [-0.4, -0.2) is 90.7 Å². The summed E-state index contributed by atoms with van der Waals surface area (Å²) in [6, 6.07) is -0.145. The number of carbonyl (C=O) groups is 2. The Morgan fingerprint density at radius 2 is 2.26 bits per heavy atom. The van der Waals surface area contributed by atoms with Crippen LogP contribution >= 0.6 is 0 Å². The van der Waals surface area contributed by atoms with E-state index in [-0.39, 0.29) is 30.6 Å². The Kier molecular flexibility index (Phi) is 4.38. The normalized spacial score (nSPS) is 28.2. The van der Waals surface area contributed by atoms with Gasteiger partial charge in [-0.05, 0) is 20.5 Å². The predicted molar refractivity (Wildman–Crippen MR) is 69.7 cm³/mol. The van der Waals surface area contributed by atoms with Gasteiger partial charge in [0.1, 0.15) is 0 Å². The summed E-state index contributed by atoms with van der Waals surface area (Å²) in [4.78, 5) is 28.8. The van der Waals surface area contributed by atoms with Gasteiger partial charge in [-0.1, -0.05) is 0 Å². The van der Waals surface area contributed by atoms with E-state index in [2.05, 4.69) is 5.32 Å². The van der Waals surface area contributed by atoms with Gasteiger partial charge in [0.15, 0.2) is 0 Å². The third-order valence-electron chi connectivity index (χ3n) is 3.58. The molecule has 2 aliphatic heterocycles. The number of aliphatic hydroxyl groups excluding tert-OH is 1. The van der Waals surface area contributed by atoms with Crippen molar-refractivity contribution in [2.24, 2.45) is 0 Å². The third kappa shape index (κ3) is 3.43. The number of nitrogens with zero attached hydrogens (tertiary/aromatic N) is 3. The highest BCUT2D eigenvalue weighted by molar-refractivity contribution is 5.96. The van der Waals surface area contributed by atoms with E-state index in [1.54, 1.807) is 0 Å². The highest BCUT2D eigenvalue weighted by atomic mass is 16.3. The van der Waals surface area contributed by atoms with Gasteiger partial charge in [0.25, 0.3) is 0 Å². The summed E-state index contributed by atoms with van der Waals surface area (Å²) in [6.07, 6.45) is 0.294. The molecule has 0 spiro atoms. The number of urea groups is 1. The average Bonchev–Trinajstić information content (AvgIpc) is 2.85. The molecule has 0 aromatic heterocycles. The van der Waals surface area contributed by atoms with Crippen molar-refractivity contribution >= 4 is 11.9 Å². The maximum Gasteiger partial charge on any atom is 0.324 e. The summed E-state index contributed by atoms with van der Waals surface area (Å²) in [5, 5.41) is 12.4. The second-order valence-corrected chi connectivity index (χ2v) is 5.51. The lowest BCUT2D eigenvalue weighted by atomic mass is 10.2. The molecule has 2 heterocycles. The summed E-state index contributed by atoms with van der Waals surface area (Å²) < 4.78 is 0. The van der Waals surface area contributed by atoms with E-state index in [0.29, 0.717) is 26.1 Å². The lowest BCUT2D eigenvalue weighted by Crippen LogP contribution is -2.46. The number of nitrogens with one attached hydrogen (secondary N) is 1. The number of carbonyl (C=O) groups excluding carboxylic acids is 2. The fourth-order valence-electron chi connectivity index (χ4n) is 2.73. The van der Waals surface area contributed by atoms with Gasteiger partial charge in [-0.25, -0.2) is 4.79 Å². The third-order valence-corrected chi connectivity index (χ3v) is 3.58. The molecular formula is C12H22N4O3. The van der Waals surface area contributed by atoms with Gasteiger partial charge in [-0.15, -0.1) is 0 Å². The highest BCUT2D eigenvalue weighted by Gasteiger charge is 2.35. The molecule has 0 aliphatic carbocycles. The molecular weight excluding hydrogens is 248 g/mol. The number of hydrogen-bond acceptors (Lipinski definition) is 5. The van der Waals surface area contributed by atoms with Crippen LogP contribution in [0.25, 0.3) is 0 Å². The summed E-state index contributed by atoms with van der Waals surface area (Å²) in [5.74, 6) is -0.187. The molecule has 3 amide bonds. The SMILES string of the molecule is CN(C)CC1CC(O)CN1CC(=O)N1CCNC1=O. The number of β-amino-alcohol motifs (C(OH)–C–C–N with tert-alkyl or cyclic N) is 1. The molecule has 7 nitrogen and oxygen atoms in total. The fourth-order valence-corrected chi connectivity index (χ4v) is 2.73. The molecule has 2 atom stereocenters. The number of hydrogen-bond donors (Lipinski definition) is 2. The molecule has 0 aromatic carbocycles. The smallest absolute Gasteiger partial charge is 0.324 e. The van der Waals surface area contributed by atoms with Crippen LogP contribution in [0.1, 0.15) is 6.42 Å². The van der Waals surface area contributed by atoms with Crippen LogP contribution in [0.2, 0.25) is 0 Å². The van der Waals surface area contributed by atoms with Gasteiger partial charge in [0.05, 0.1) is 12.6 Å². The first-order valence-corrected chi connectivity index (χ1v) is 6.62. The van der Waals surface area contributed by atoms with Crippen molar-refractivity contribution in [1.82, 2.24) is 20.0 Å². The van der Waals surface area contributed by atoms with Gasteiger partial charge < -0.3 is 15.3 Å². The number of aliphatic hydroxyl groups is 1. The van der Waals surface area contributed by atoms with E-state index in [0.717, 1.165) is 6.54 Å². The molecule has 0 saturated carbocycles. The summed E-state index contributed by atoms with van der Waals surface area (Å²) in [7, 11) is 3.94. The van der Waals surface area contributed by atoms with Crippen molar-refractivity contribution in [3.63, 3.8) is 0 Å². The summed E-state index contributed by atoms with van der Waals surface area (Å²) in [6.45, 7) is 2.46. The molecule has 2 fully saturated rings. The van der Waals surface area contributed by atoms with Crippen LogP contribution in [0.15, 0.2) is 0 Å². The molecule has 2 saturated heterocycles. The van der Waals surface area contributed by atoms with E-state index in [4.69, 9.17) is 0 Å².